The lowest BCUT2D eigenvalue weighted by molar-refractivity contribution is -0.166. The SMILES string of the molecule is COC(=O)[C@@]12CCC(C)=C(/C(=C\C3=C(C)CC[C@H]4C(C)(C)[C@@H](OC(C)=O)CC[C@]34C)OC(C)=O)[C@@H]1CC(C)(C)CC2. The van der Waals surface area contributed by atoms with Crippen molar-refractivity contribution in [2.75, 3.05) is 7.11 Å². The number of allylic oxidation sites excluding steroid dienone is 5. The van der Waals surface area contributed by atoms with Crippen LogP contribution in [0.1, 0.15) is 120 Å². The Morgan fingerprint density at radius 3 is 2.15 bits per heavy atom. The number of hydrogen-bond acceptors (Lipinski definition) is 6. The second-order valence-corrected chi connectivity index (χ2v) is 15.0. The molecule has 6 heteroatoms. The summed E-state index contributed by atoms with van der Waals surface area (Å²) in [5.41, 5.74) is 3.83. The van der Waals surface area contributed by atoms with Crippen LogP contribution in [0.25, 0.3) is 0 Å². The summed E-state index contributed by atoms with van der Waals surface area (Å²) in [4.78, 5) is 38.1. The summed E-state index contributed by atoms with van der Waals surface area (Å²) >= 11 is 0. The van der Waals surface area contributed by atoms with Gasteiger partial charge in [0.1, 0.15) is 11.9 Å². The van der Waals surface area contributed by atoms with Crippen LogP contribution in [0.15, 0.2) is 34.1 Å². The molecule has 0 radical (unpaired) electrons. The van der Waals surface area contributed by atoms with Gasteiger partial charge in [0.05, 0.1) is 12.5 Å². The minimum absolute atomic E-state index is 0.0581. The molecule has 0 unspecified atom stereocenters. The van der Waals surface area contributed by atoms with E-state index in [1.165, 1.54) is 37.7 Å². The van der Waals surface area contributed by atoms with Gasteiger partial charge in [-0.05, 0) is 106 Å². The highest BCUT2D eigenvalue weighted by molar-refractivity contribution is 5.79. The summed E-state index contributed by atoms with van der Waals surface area (Å²) < 4.78 is 17.4. The predicted molar refractivity (Wildman–Crippen MR) is 159 cm³/mol. The third-order valence-corrected chi connectivity index (χ3v) is 11.4. The topological polar surface area (TPSA) is 78.9 Å². The molecule has 0 N–H and O–H groups in total. The first-order valence-electron chi connectivity index (χ1n) is 15.5. The highest BCUT2D eigenvalue weighted by atomic mass is 16.5. The normalized spacial score (nSPS) is 34.8. The summed E-state index contributed by atoms with van der Waals surface area (Å²) in [6.45, 7) is 18.7. The Bertz CT molecular complexity index is 1200. The molecule has 2 saturated carbocycles. The largest absolute Gasteiger partial charge is 0.469 e. The van der Waals surface area contributed by atoms with Crippen LogP contribution in [0.5, 0.6) is 0 Å². The Hall–Kier alpha value is -2.37. The van der Waals surface area contributed by atoms with Crippen molar-refractivity contribution < 1.29 is 28.6 Å². The fraction of sp³-hybridized carbons (Fsp3) is 0.743. The van der Waals surface area contributed by atoms with Crippen molar-refractivity contribution >= 4 is 17.9 Å². The van der Waals surface area contributed by atoms with E-state index in [2.05, 4.69) is 54.5 Å². The van der Waals surface area contributed by atoms with E-state index in [4.69, 9.17) is 14.2 Å². The zero-order valence-electron chi connectivity index (χ0n) is 27.1. The number of ether oxygens (including phenoxy) is 3. The number of rotatable bonds is 5. The number of esters is 3. The van der Waals surface area contributed by atoms with Crippen LogP contribution < -0.4 is 0 Å². The van der Waals surface area contributed by atoms with Crippen LogP contribution in [0.4, 0.5) is 0 Å². The molecule has 0 heterocycles. The zero-order valence-corrected chi connectivity index (χ0v) is 27.1. The van der Waals surface area contributed by atoms with Crippen molar-refractivity contribution in [2.45, 2.75) is 126 Å². The summed E-state index contributed by atoms with van der Waals surface area (Å²) in [7, 11) is 1.49. The first-order chi connectivity index (χ1) is 19.0. The molecule has 0 saturated heterocycles. The molecule has 6 nitrogen and oxygen atoms in total. The molecule has 4 aliphatic carbocycles. The lowest BCUT2D eigenvalue weighted by atomic mass is 9.49. The Morgan fingerprint density at radius 2 is 1.54 bits per heavy atom. The van der Waals surface area contributed by atoms with Crippen LogP contribution in [-0.4, -0.2) is 31.1 Å². The van der Waals surface area contributed by atoms with Crippen molar-refractivity contribution in [3.05, 3.63) is 34.1 Å². The Labute approximate surface area is 247 Å². The zero-order chi connectivity index (χ0) is 30.5. The van der Waals surface area contributed by atoms with Gasteiger partial charge in [0.25, 0.3) is 0 Å². The molecule has 0 amide bonds. The molecule has 41 heavy (non-hydrogen) atoms. The average molecular weight is 569 g/mol. The number of fused-ring (bicyclic) bond motifs is 2. The van der Waals surface area contributed by atoms with E-state index in [1.54, 1.807) is 0 Å². The van der Waals surface area contributed by atoms with Gasteiger partial charge in [-0.15, -0.1) is 0 Å². The van der Waals surface area contributed by atoms with Crippen molar-refractivity contribution in [1.82, 2.24) is 0 Å². The van der Waals surface area contributed by atoms with Crippen LogP contribution in [-0.2, 0) is 28.6 Å². The van der Waals surface area contributed by atoms with Crippen LogP contribution >= 0.6 is 0 Å². The summed E-state index contributed by atoms with van der Waals surface area (Å²) in [6.07, 6.45) is 9.77. The van der Waals surface area contributed by atoms with Crippen LogP contribution in [0.3, 0.4) is 0 Å². The van der Waals surface area contributed by atoms with Crippen molar-refractivity contribution in [1.29, 1.82) is 0 Å². The van der Waals surface area contributed by atoms with E-state index in [1.807, 2.05) is 0 Å². The van der Waals surface area contributed by atoms with Gasteiger partial charge in [0.2, 0.25) is 0 Å². The maximum Gasteiger partial charge on any atom is 0.312 e. The fourth-order valence-electron chi connectivity index (χ4n) is 9.20. The van der Waals surface area contributed by atoms with Crippen LogP contribution in [0, 0.1) is 33.5 Å². The third-order valence-electron chi connectivity index (χ3n) is 11.4. The molecule has 0 spiro atoms. The Balaban J connectivity index is 1.86. The molecular formula is C35H52O6. The summed E-state index contributed by atoms with van der Waals surface area (Å²) in [6, 6.07) is 0. The Morgan fingerprint density at radius 1 is 0.854 bits per heavy atom. The molecule has 5 atom stereocenters. The van der Waals surface area contributed by atoms with Gasteiger partial charge in [0.15, 0.2) is 0 Å². The number of methoxy groups -OCH3 is 1. The van der Waals surface area contributed by atoms with Gasteiger partial charge >= 0.3 is 17.9 Å². The highest BCUT2D eigenvalue weighted by Crippen LogP contribution is 2.62. The van der Waals surface area contributed by atoms with Gasteiger partial charge in [0, 0.05) is 25.2 Å². The Kier molecular flexibility index (Phi) is 8.50. The molecule has 228 valence electrons. The van der Waals surface area contributed by atoms with E-state index < -0.39 is 5.41 Å². The number of hydrogen-bond donors (Lipinski definition) is 0. The molecule has 0 aliphatic heterocycles. The fourth-order valence-corrected chi connectivity index (χ4v) is 9.20. The van der Waals surface area contributed by atoms with Gasteiger partial charge in [-0.2, -0.15) is 0 Å². The number of carbonyl (C=O) groups is 3. The molecule has 0 aromatic heterocycles. The molecular weight excluding hydrogens is 516 g/mol. The lowest BCUT2D eigenvalue weighted by Gasteiger charge is -2.57. The van der Waals surface area contributed by atoms with Gasteiger partial charge in [-0.25, -0.2) is 0 Å². The van der Waals surface area contributed by atoms with E-state index in [-0.39, 0.29) is 46.2 Å². The monoisotopic (exact) mass is 568 g/mol. The molecule has 0 aromatic carbocycles. The van der Waals surface area contributed by atoms with Gasteiger partial charge in [-0.3, -0.25) is 14.4 Å². The second kappa shape index (κ2) is 11.0. The molecule has 0 bridgehead atoms. The molecule has 2 fully saturated rings. The molecule has 0 aromatic rings. The summed E-state index contributed by atoms with van der Waals surface area (Å²) in [5.74, 6) is 0.0944. The van der Waals surface area contributed by atoms with E-state index >= 15 is 0 Å². The van der Waals surface area contributed by atoms with Crippen LogP contribution in [0.2, 0.25) is 0 Å². The predicted octanol–water partition coefficient (Wildman–Crippen LogP) is 8.01. The maximum atomic E-state index is 13.5. The standard InChI is InChI=1S/C35H52O6/c1-21-11-12-28-33(7,8)29(41-24(4)37)14-15-34(28,9)25(21)19-27(40-23(3)36)30-22(2)13-16-35(31(38)39-10)18-17-32(5,6)20-26(30)35/h19,26,28-29H,11-18,20H2,1-10H3/b27-19+/t26-,28-,29-,34+,35+/m0/s1. The van der Waals surface area contributed by atoms with Gasteiger partial charge < -0.3 is 14.2 Å². The minimum Gasteiger partial charge on any atom is -0.469 e. The molecule has 4 rings (SSSR count). The van der Waals surface area contributed by atoms with Gasteiger partial charge in [-0.1, -0.05) is 45.8 Å². The van der Waals surface area contributed by atoms with E-state index in [0.29, 0.717) is 11.7 Å². The lowest BCUT2D eigenvalue weighted by Crippen LogP contribution is -2.53. The average Bonchev–Trinajstić information content (AvgIpc) is 2.86. The van der Waals surface area contributed by atoms with Crippen molar-refractivity contribution in [3.8, 4) is 0 Å². The highest BCUT2D eigenvalue weighted by Gasteiger charge is 2.57. The quantitative estimate of drug-likeness (QED) is 0.190. The van der Waals surface area contributed by atoms with E-state index in [9.17, 15) is 14.4 Å². The second-order valence-electron chi connectivity index (χ2n) is 15.0. The van der Waals surface area contributed by atoms with Crippen molar-refractivity contribution in [2.24, 2.45) is 33.5 Å². The maximum absolute atomic E-state index is 13.5. The number of carbonyl (C=O) groups excluding carboxylic acids is 3. The smallest absolute Gasteiger partial charge is 0.312 e. The summed E-state index contributed by atoms with van der Waals surface area (Å²) in [5, 5.41) is 0. The first-order valence-corrected chi connectivity index (χ1v) is 15.5. The van der Waals surface area contributed by atoms with Crippen molar-refractivity contribution in [3.63, 3.8) is 0 Å². The first kappa shape index (κ1) is 31.6. The third kappa shape index (κ3) is 5.57. The minimum atomic E-state index is -0.606. The van der Waals surface area contributed by atoms with E-state index in [0.717, 1.165) is 63.4 Å². The molecule has 4 aliphatic rings.